The van der Waals surface area contributed by atoms with Crippen molar-refractivity contribution in [2.24, 2.45) is 0 Å². The number of hydrogen-bond acceptors (Lipinski definition) is 2. The van der Waals surface area contributed by atoms with Crippen molar-refractivity contribution in [3.63, 3.8) is 0 Å². The number of rotatable bonds is 3. The lowest BCUT2D eigenvalue weighted by atomic mass is 10.4. The molecule has 1 N–H and O–H groups in total. The van der Waals surface area contributed by atoms with E-state index in [9.17, 15) is 0 Å². The predicted octanol–water partition coefficient (Wildman–Crippen LogP) is 1.65. The van der Waals surface area contributed by atoms with Gasteiger partial charge < -0.3 is 0 Å². The third-order valence-corrected chi connectivity index (χ3v) is 1.39. The highest BCUT2D eigenvalue weighted by Crippen LogP contribution is 1.92. The maximum Gasteiger partial charge on any atom is 0.0115 e. The summed E-state index contributed by atoms with van der Waals surface area (Å²) in [7, 11) is 0. The molecule has 44 valence electrons. The molecule has 0 aromatic carbocycles. The first-order valence-electron chi connectivity index (χ1n) is 2.64. The van der Waals surface area contributed by atoms with Gasteiger partial charge in [0.15, 0.2) is 0 Å². The summed E-state index contributed by atoms with van der Waals surface area (Å²) in [5.74, 6) is 1.15. The molecule has 2 heteroatoms. The SMILES string of the molecule is CCSNC(C)C. The fraction of sp³-hybridized carbons (Fsp3) is 1.00. The average Bonchev–Trinajstić information content (AvgIpc) is 1.61. The minimum absolute atomic E-state index is 0.616. The molecule has 0 unspecified atom stereocenters. The standard InChI is InChI=1S/C5H13NS/c1-4-7-6-5(2)3/h5-6H,4H2,1-3H3. The van der Waals surface area contributed by atoms with Crippen LogP contribution in [-0.4, -0.2) is 11.8 Å². The highest BCUT2D eigenvalue weighted by atomic mass is 32.2. The zero-order valence-electron chi connectivity index (χ0n) is 5.19. The maximum atomic E-state index is 3.21. The molecule has 0 aliphatic rings. The summed E-state index contributed by atoms with van der Waals surface area (Å²) in [5, 5.41) is 0. The number of nitrogens with one attached hydrogen (secondary N) is 1. The van der Waals surface area contributed by atoms with Gasteiger partial charge in [-0.3, -0.25) is 4.72 Å². The summed E-state index contributed by atoms with van der Waals surface area (Å²) < 4.78 is 3.21. The van der Waals surface area contributed by atoms with Crippen LogP contribution in [0.15, 0.2) is 0 Å². The van der Waals surface area contributed by atoms with E-state index in [1.165, 1.54) is 0 Å². The summed E-state index contributed by atoms with van der Waals surface area (Å²) in [6, 6.07) is 0.616. The van der Waals surface area contributed by atoms with Gasteiger partial charge in [-0.15, -0.1) is 0 Å². The Labute approximate surface area is 50.0 Å². The minimum Gasteiger partial charge on any atom is -0.262 e. The van der Waals surface area contributed by atoms with Crippen LogP contribution in [0.2, 0.25) is 0 Å². The van der Waals surface area contributed by atoms with E-state index in [4.69, 9.17) is 0 Å². The Morgan fingerprint density at radius 2 is 2.14 bits per heavy atom. The molecule has 0 spiro atoms. The third-order valence-electron chi connectivity index (χ3n) is 0.463. The molecule has 0 atom stereocenters. The van der Waals surface area contributed by atoms with Crippen molar-refractivity contribution in [3.8, 4) is 0 Å². The largest absolute Gasteiger partial charge is 0.262 e. The van der Waals surface area contributed by atoms with E-state index in [1.807, 2.05) is 0 Å². The van der Waals surface area contributed by atoms with Crippen LogP contribution in [0.1, 0.15) is 20.8 Å². The van der Waals surface area contributed by atoms with Crippen LogP contribution in [0.5, 0.6) is 0 Å². The van der Waals surface area contributed by atoms with Crippen molar-refractivity contribution in [2.75, 3.05) is 5.75 Å². The van der Waals surface area contributed by atoms with Gasteiger partial charge in [-0.05, 0) is 13.8 Å². The van der Waals surface area contributed by atoms with Gasteiger partial charge in [0, 0.05) is 11.8 Å². The molecular formula is C5H13NS. The highest BCUT2D eigenvalue weighted by molar-refractivity contribution is 7.97. The molecule has 0 radical (unpaired) electrons. The fourth-order valence-electron chi connectivity index (χ4n) is 0.250. The smallest absolute Gasteiger partial charge is 0.0115 e. The van der Waals surface area contributed by atoms with E-state index in [0.717, 1.165) is 5.75 Å². The Balaban J connectivity index is 2.68. The molecule has 0 aliphatic heterocycles. The van der Waals surface area contributed by atoms with Crippen LogP contribution >= 0.6 is 11.9 Å². The van der Waals surface area contributed by atoms with Gasteiger partial charge in [0.25, 0.3) is 0 Å². The summed E-state index contributed by atoms with van der Waals surface area (Å²) in [6.45, 7) is 6.42. The second-order valence-electron chi connectivity index (χ2n) is 1.71. The van der Waals surface area contributed by atoms with Crippen LogP contribution in [0, 0.1) is 0 Å². The first kappa shape index (κ1) is 7.31. The quantitative estimate of drug-likeness (QED) is 0.567. The van der Waals surface area contributed by atoms with Crippen molar-refractivity contribution in [3.05, 3.63) is 0 Å². The van der Waals surface area contributed by atoms with Gasteiger partial charge in [-0.2, -0.15) is 0 Å². The van der Waals surface area contributed by atoms with Gasteiger partial charge in [0.1, 0.15) is 0 Å². The van der Waals surface area contributed by atoms with Crippen LogP contribution in [0.4, 0.5) is 0 Å². The van der Waals surface area contributed by atoms with E-state index in [-0.39, 0.29) is 0 Å². The number of hydrogen-bond donors (Lipinski definition) is 1. The van der Waals surface area contributed by atoms with E-state index < -0.39 is 0 Å². The van der Waals surface area contributed by atoms with E-state index in [1.54, 1.807) is 11.9 Å². The maximum absolute atomic E-state index is 3.21. The Morgan fingerprint density at radius 3 is 2.29 bits per heavy atom. The molecule has 1 nitrogen and oxygen atoms in total. The Hall–Kier alpha value is 0.310. The molecule has 0 aromatic heterocycles. The van der Waals surface area contributed by atoms with Gasteiger partial charge in [0.05, 0.1) is 0 Å². The summed E-state index contributed by atoms with van der Waals surface area (Å²) in [5.41, 5.74) is 0. The van der Waals surface area contributed by atoms with Gasteiger partial charge in [0.2, 0.25) is 0 Å². The molecule has 0 rings (SSSR count). The fourth-order valence-corrected chi connectivity index (χ4v) is 0.750. The Kier molecular flexibility index (Phi) is 4.67. The Bertz CT molecular complexity index is 37.1. The monoisotopic (exact) mass is 119 g/mol. The first-order valence-corrected chi connectivity index (χ1v) is 3.63. The molecule has 0 amide bonds. The van der Waals surface area contributed by atoms with Crippen LogP contribution in [-0.2, 0) is 0 Å². The minimum atomic E-state index is 0.616. The molecule has 0 saturated carbocycles. The molecule has 7 heavy (non-hydrogen) atoms. The van der Waals surface area contributed by atoms with Gasteiger partial charge >= 0.3 is 0 Å². The van der Waals surface area contributed by atoms with Crippen LogP contribution < -0.4 is 4.72 Å². The molecule has 0 fully saturated rings. The lowest BCUT2D eigenvalue weighted by molar-refractivity contribution is 0.771. The Morgan fingerprint density at radius 1 is 1.57 bits per heavy atom. The highest BCUT2D eigenvalue weighted by Gasteiger charge is 1.86. The lowest BCUT2D eigenvalue weighted by Crippen LogP contribution is -2.13. The molecule has 0 saturated heterocycles. The van der Waals surface area contributed by atoms with Gasteiger partial charge in [-0.25, -0.2) is 0 Å². The first-order chi connectivity index (χ1) is 3.27. The summed E-state index contributed by atoms with van der Waals surface area (Å²) in [6.07, 6.45) is 0. The van der Waals surface area contributed by atoms with Crippen molar-refractivity contribution >= 4 is 11.9 Å². The summed E-state index contributed by atoms with van der Waals surface area (Å²) in [4.78, 5) is 0. The summed E-state index contributed by atoms with van der Waals surface area (Å²) >= 11 is 1.77. The zero-order valence-corrected chi connectivity index (χ0v) is 6.01. The second kappa shape index (κ2) is 4.47. The van der Waals surface area contributed by atoms with E-state index in [2.05, 4.69) is 25.5 Å². The molecule has 0 aliphatic carbocycles. The van der Waals surface area contributed by atoms with Crippen LogP contribution in [0.3, 0.4) is 0 Å². The molecule has 0 aromatic rings. The third kappa shape index (κ3) is 6.31. The van der Waals surface area contributed by atoms with Crippen LogP contribution in [0.25, 0.3) is 0 Å². The van der Waals surface area contributed by atoms with E-state index >= 15 is 0 Å². The molecular weight excluding hydrogens is 106 g/mol. The molecule has 0 bridgehead atoms. The van der Waals surface area contributed by atoms with Crippen molar-refractivity contribution in [1.82, 2.24) is 4.72 Å². The predicted molar refractivity (Wildman–Crippen MR) is 36.4 cm³/mol. The van der Waals surface area contributed by atoms with E-state index in [0.29, 0.717) is 6.04 Å². The van der Waals surface area contributed by atoms with Gasteiger partial charge in [-0.1, -0.05) is 18.9 Å². The second-order valence-corrected chi connectivity index (χ2v) is 2.81. The van der Waals surface area contributed by atoms with Crippen molar-refractivity contribution in [2.45, 2.75) is 26.8 Å². The van der Waals surface area contributed by atoms with Crippen molar-refractivity contribution in [1.29, 1.82) is 0 Å². The molecule has 0 heterocycles. The normalized spacial score (nSPS) is 10.3. The van der Waals surface area contributed by atoms with Crippen molar-refractivity contribution < 1.29 is 0 Å². The average molecular weight is 119 g/mol. The topological polar surface area (TPSA) is 12.0 Å². The zero-order chi connectivity index (χ0) is 5.70. The lowest BCUT2D eigenvalue weighted by Gasteiger charge is -2.02.